The highest BCUT2D eigenvalue weighted by Gasteiger charge is 2.22. The molecule has 2 fully saturated rings. The number of hydrogen-bond donors (Lipinski definition) is 1. The topological polar surface area (TPSA) is 12.0 Å². The van der Waals surface area contributed by atoms with Crippen LogP contribution in [0.2, 0.25) is 0 Å². The minimum Gasteiger partial charge on any atom is -0.311 e. The average Bonchev–Trinajstić information content (AvgIpc) is 2.31. The Balaban J connectivity index is 1.67. The van der Waals surface area contributed by atoms with Gasteiger partial charge in [0.25, 0.3) is 0 Å². The Labute approximate surface area is 95.0 Å². The molecule has 1 heteroatoms. The standard InChI is InChI=1S/C14H27N/c1-2-12-8-10-14(11-9-12)15-13-6-4-3-5-7-13/h12-15H,2-11H2,1H3. The lowest BCUT2D eigenvalue weighted by Gasteiger charge is -2.33. The molecule has 0 aromatic heterocycles. The third-order valence-corrected chi connectivity index (χ3v) is 4.50. The molecule has 0 saturated heterocycles. The van der Waals surface area contributed by atoms with Gasteiger partial charge in [-0.3, -0.25) is 0 Å². The summed E-state index contributed by atoms with van der Waals surface area (Å²) in [6, 6.07) is 1.72. The van der Waals surface area contributed by atoms with Gasteiger partial charge in [-0.05, 0) is 44.4 Å². The molecule has 15 heavy (non-hydrogen) atoms. The molecule has 0 bridgehead atoms. The van der Waals surface area contributed by atoms with Crippen molar-refractivity contribution < 1.29 is 0 Å². The first-order chi connectivity index (χ1) is 7.38. The van der Waals surface area contributed by atoms with Crippen molar-refractivity contribution in [3.63, 3.8) is 0 Å². The Morgan fingerprint density at radius 2 is 1.40 bits per heavy atom. The Kier molecular flexibility index (Phi) is 4.49. The van der Waals surface area contributed by atoms with E-state index in [1.807, 2.05) is 0 Å². The summed E-state index contributed by atoms with van der Waals surface area (Å²) in [4.78, 5) is 0. The van der Waals surface area contributed by atoms with Crippen LogP contribution < -0.4 is 5.32 Å². The van der Waals surface area contributed by atoms with Crippen LogP contribution >= 0.6 is 0 Å². The summed E-state index contributed by atoms with van der Waals surface area (Å²) in [5.41, 5.74) is 0. The molecule has 1 N–H and O–H groups in total. The van der Waals surface area contributed by atoms with E-state index in [4.69, 9.17) is 0 Å². The van der Waals surface area contributed by atoms with Gasteiger partial charge in [-0.25, -0.2) is 0 Å². The maximum absolute atomic E-state index is 3.90. The van der Waals surface area contributed by atoms with E-state index in [0.29, 0.717) is 0 Å². The van der Waals surface area contributed by atoms with Crippen LogP contribution in [-0.2, 0) is 0 Å². The number of rotatable bonds is 3. The first-order valence-corrected chi connectivity index (χ1v) is 7.14. The first-order valence-electron chi connectivity index (χ1n) is 7.14. The molecule has 0 aromatic carbocycles. The second-order valence-corrected chi connectivity index (χ2v) is 5.63. The largest absolute Gasteiger partial charge is 0.311 e. The van der Waals surface area contributed by atoms with E-state index in [2.05, 4.69) is 12.2 Å². The highest BCUT2D eigenvalue weighted by Crippen LogP contribution is 2.28. The zero-order valence-corrected chi connectivity index (χ0v) is 10.3. The molecule has 0 unspecified atom stereocenters. The van der Waals surface area contributed by atoms with Gasteiger partial charge < -0.3 is 5.32 Å². The Morgan fingerprint density at radius 3 is 2.00 bits per heavy atom. The second kappa shape index (κ2) is 5.89. The van der Waals surface area contributed by atoms with Crippen LogP contribution in [-0.4, -0.2) is 12.1 Å². The van der Waals surface area contributed by atoms with Crippen LogP contribution in [0.3, 0.4) is 0 Å². The third kappa shape index (κ3) is 3.48. The van der Waals surface area contributed by atoms with E-state index in [0.717, 1.165) is 18.0 Å². The molecule has 0 amide bonds. The minimum atomic E-state index is 0.857. The summed E-state index contributed by atoms with van der Waals surface area (Å²) in [6.45, 7) is 2.35. The molecule has 2 aliphatic carbocycles. The van der Waals surface area contributed by atoms with Crippen molar-refractivity contribution in [1.82, 2.24) is 5.32 Å². The van der Waals surface area contributed by atoms with Gasteiger partial charge in [-0.2, -0.15) is 0 Å². The van der Waals surface area contributed by atoms with Crippen LogP contribution in [0.1, 0.15) is 71.1 Å². The van der Waals surface area contributed by atoms with Crippen molar-refractivity contribution in [2.24, 2.45) is 5.92 Å². The van der Waals surface area contributed by atoms with Gasteiger partial charge >= 0.3 is 0 Å². The normalized spacial score (nSPS) is 34.2. The second-order valence-electron chi connectivity index (χ2n) is 5.63. The zero-order valence-electron chi connectivity index (χ0n) is 10.3. The van der Waals surface area contributed by atoms with Gasteiger partial charge in [0, 0.05) is 12.1 Å². The van der Waals surface area contributed by atoms with Gasteiger partial charge in [-0.1, -0.05) is 32.6 Å². The van der Waals surface area contributed by atoms with E-state index in [1.165, 1.54) is 64.2 Å². The van der Waals surface area contributed by atoms with Crippen molar-refractivity contribution in [2.45, 2.75) is 83.2 Å². The molecular weight excluding hydrogens is 182 g/mol. The monoisotopic (exact) mass is 209 g/mol. The predicted molar refractivity (Wildman–Crippen MR) is 66.0 cm³/mol. The van der Waals surface area contributed by atoms with Crippen LogP contribution in [0.4, 0.5) is 0 Å². The van der Waals surface area contributed by atoms with E-state index in [1.54, 1.807) is 0 Å². The highest BCUT2D eigenvalue weighted by atomic mass is 14.9. The van der Waals surface area contributed by atoms with Gasteiger partial charge in [0.15, 0.2) is 0 Å². The van der Waals surface area contributed by atoms with Crippen LogP contribution in [0, 0.1) is 5.92 Å². The number of nitrogens with one attached hydrogen (secondary N) is 1. The number of hydrogen-bond acceptors (Lipinski definition) is 1. The van der Waals surface area contributed by atoms with Crippen molar-refractivity contribution >= 4 is 0 Å². The van der Waals surface area contributed by atoms with Gasteiger partial charge in [0.1, 0.15) is 0 Å². The lowest BCUT2D eigenvalue weighted by molar-refractivity contribution is 0.248. The fourth-order valence-corrected chi connectivity index (χ4v) is 3.34. The van der Waals surface area contributed by atoms with E-state index >= 15 is 0 Å². The predicted octanol–water partition coefficient (Wildman–Crippen LogP) is 3.88. The van der Waals surface area contributed by atoms with Crippen molar-refractivity contribution in [3.8, 4) is 0 Å². The maximum Gasteiger partial charge on any atom is 0.00698 e. The smallest absolute Gasteiger partial charge is 0.00698 e. The maximum atomic E-state index is 3.90. The van der Waals surface area contributed by atoms with Crippen LogP contribution in [0.25, 0.3) is 0 Å². The van der Waals surface area contributed by atoms with Crippen molar-refractivity contribution in [2.75, 3.05) is 0 Å². The lowest BCUT2D eigenvalue weighted by Crippen LogP contribution is -2.41. The van der Waals surface area contributed by atoms with Gasteiger partial charge in [-0.15, -0.1) is 0 Å². The zero-order chi connectivity index (χ0) is 10.5. The highest BCUT2D eigenvalue weighted by molar-refractivity contribution is 4.81. The molecule has 0 heterocycles. The summed E-state index contributed by atoms with van der Waals surface area (Å²) >= 11 is 0. The Bertz CT molecular complexity index is 164. The molecule has 2 saturated carbocycles. The van der Waals surface area contributed by atoms with Crippen LogP contribution in [0.15, 0.2) is 0 Å². The Hall–Kier alpha value is -0.0400. The molecule has 0 atom stereocenters. The molecule has 0 aromatic rings. The minimum absolute atomic E-state index is 0.857. The fraction of sp³-hybridized carbons (Fsp3) is 1.00. The van der Waals surface area contributed by atoms with Crippen LogP contribution in [0.5, 0.6) is 0 Å². The summed E-state index contributed by atoms with van der Waals surface area (Å²) in [7, 11) is 0. The fourth-order valence-electron chi connectivity index (χ4n) is 3.34. The lowest BCUT2D eigenvalue weighted by atomic mass is 9.83. The average molecular weight is 209 g/mol. The summed E-state index contributed by atoms with van der Waals surface area (Å²) in [5, 5.41) is 3.90. The molecular formula is C14H27N. The van der Waals surface area contributed by atoms with E-state index in [-0.39, 0.29) is 0 Å². The molecule has 88 valence electrons. The quantitative estimate of drug-likeness (QED) is 0.744. The summed E-state index contributed by atoms with van der Waals surface area (Å²) in [6.07, 6.45) is 14.5. The molecule has 2 rings (SSSR count). The molecule has 0 radical (unpaired) electrons. The van der Waals surface area contributed by atoms with Gasteiger partial charge in [0.05, 0.1) is 0 Å². The van der Waals surface area contributed by atoms with E-state index in [9.17, 15) is 0 Å². The van der Waals surface area contributed by atoms with Crippen molar-refractivity contribution in [3.05, 3.63) is 0 Å². The third-order valence-electron chi connectivity index (χ3n) is 4.50. The summed E-state index contributed by atoms with van der Waals surface area (Å²) < 4.78 is 0. The molecule has 2 aliphatic rings. The first kappa shape index (κ1) is 11.4. The SMILES string of the molecule is CCC1CCC(NC2CCCCC2)CC1. The molecule has 0 aliphatic heterocycles. The molecule has 1 nitrogen and oxygen atoms in total. The van der Waals surface area contributed by atoms with Crippen molar-refractivity contribution in [1.29, 1.82) is 0 Å². The summed E-state index contributed by atoms with van der Waals surface area (Å²) in [5.74, 6) is 1.04. The van der Waals surface area contributed by atoms with Gasteiger partial charge in [0.2, 0.25) is 0 Å². The molecule has 0 spiro atoms. The Morgan fingerprint density at radius 1 is 0.800 bits per heavy atom. The van der Waals surface area contributed by atoms with E-state index < -0.39 is 0 Å².